The molecule has 0 spiro atoms. The molecule has 1 heterocycles. The first-order chi connectivity index (χ1) is 11.2. The Labute approximate surface area is 162 Å². The largest absolute Gasteiger partial charge is 0.391 e. The van der Waals surface area contributed by atoms with Crippen LogP contribution in [-0.4, -0.2) is 72.1 Å². The van der Waals surface area contributed by atoms with Gasteiger partial charge in [-0.05, 0) is 31.6 Å². The van der Waals surface area contributed by atoms with E-state index in [1.54, 1.807) is 7.05 Å². The van der Waals surface area contributed by atoms with Crippen LogP contribution in [0.4, 0.5) is 0 Å². The SMILES string of the molecule is CN=C(NCC(O)C1CCCCC1)N1CCN(C2CC2)C(=O)C1.I. The fourth-order valence-electron chi connectivity index (χ4n) is 3.85. The van der Waals surface area contributed by atoms with E-state index in [9.17, 15) is 9.90 Å². The predicted molar refractivity (Wildman–Crippen MR) is 106 cm³/mol. The van der Waals surface area contributed by atoms with Gasteiger partial charge >= 0.3 is 0 Å². The molecule has 2 N–H and O–H groups in total. The van der Waals surface area contributed by atoms with Crippen LogP contribution in [0, 0.1) is 5.92 Å². The zero-order valence-electron chi connectivity index (χ0n) is 14.6. The monoisotopic (exact) mass is 450 g/mol. The second-order valence-electron chi connectivity index (χ2n) is 7.13. The Morgan fingerprint density at radius 2 is 1.96 bits per heavy atom. The number of aliphatic hydroxyl groups excluding tert-OH is 1. The summed E-state index contributed by atoms with van der Waals surface area (Å²) in [6, 6.07) is 0.493. The van der Waals surface area contributed by atoms with Crippen LogP contribution >= 0.6 is 24.0 Å². The lowest BCUT2D eigenvalue weighted by atomic mass is 9.85. The Bertz CT molecular complexity index is 450. The third-order valence-corrected chi connectivity index (χ3v) is 5.42. The van der Waals surface area contributed by atoms with Crippen molar-refractivity contribution >= 4 is 35.8 Å². The van der Waals surface area contributed by atoms with E-state index in [2.05, 4.69) is 10.3 Å². The molecule has 1 unspecified atom stereocenters. The van der Waals surface area contributed by atoms with Gasteiger partial charge in [-0.1, -0.05) is 19.3 Å². The number of hydrogen-bond donors (Lipinski definition) is 2. The van der Waals surface area contributed by atoms with Gasteiger partial charge in [0.25, 0.3) is 0 Å². The molecule has 6 nitrogen and oxygen atoms in total. The number of amides is 1. The molecule has 3 rings (SSSR count). The molecule has 2 aliphatic carbocycles. The third kappa shape index (κ3) is 4.97. The Morgan fingerprint density at radius 1 is 1.25 bits per heavy atom. The van der Waals surface area contributed by atoms with E-state index in [0.29, 0.717) is 25.0 Å². The molecule has 1 saturated heterocycles. The number of nitrogens with zero attached hydrogens (tertiary/aromatic N) is 3. The van der Waals surface area contributed by atoms with Crippen molar-refractivity contribution in [3.8, 4) is 0 Å². The average Bonchev–Trinajstić information content (AvgIpc) is 3.41. The molecular weight excluding hydrogens is 419 g/mol. The number of hydrogen-bond acceptors (Lipinski definition) is 3. The van der Waals surface area contributed by atoms with E-state index in [1.807, 2.05) is 9.80 Å². The zero-order valence-corrected chi connectivity index (χ0v) is 16.9. The summed E-state index contributed by atoms with van der Waals surface area (Å²) in [5, 5.41) is 13.7. The summed E-state index contributed by atoms with van der Waals surface area (Å²) < 4.78 is 0. The molecule has 1 amide bonds. The van der Waals surface area contributed by atoms with Crippen molar-refractivity contribution in [1.82, 2.24) is 15.1 Å². The first-order valence-corrected chi connectivity index (χ1v) is 9.12. The minimum Gasteiger partial charge on any atom is -0.391 e. The third-order valence-electron chi connectivity index (χ3n) is 5.42. The van der Waals surface area contributed by atoms with Crippen LogP contribution in [0.2, 0.25) is 0 Å². The Morgan fingerprint density at radius 3 is 2.54 bits per heavy atom. The molecule has 3 fully saturated rings. The number of halogens is 1. The molecule has 0 aromatic rings. The van der Waals surface area contributed by atoms with Crippen LogP contribution in [0.3, 0.4) is 0 Å². The molecule has 0 aromatic heterocycles. The number of piperazine rings is 1. The highest BCUT2D eigenvalue weighted by molar-refractivity contribution is 14.0. The van der Waals surface area contributed by atoms with Crippen molar-refractivity contribution in [2.24, 2.45) is 10.9 Å². The number of guanidine groups is 1. The Hall–Kier alpha value is -0.570. The van der Waals surface area contributed by atoms with Gasteiger partial charge in [0.2, 0.25) is 5.91 Å². The summed E-state index contributed by atoms with van der Waals surface area (Å²) in [6.07, 6.45) is 8.00. The molecule has 7 heteroatoms. The molecule has 0 aromatic carbocycles. The van der Waals surface area contributed by atoms with Gasteiger partial charge in [0.1, 0.15) is 0 Å². The van der Waals surface area contributed by atoms with Gasteiger partial charge < -0.3 is 20.2 Å². The molecule has 1 atom stereocenters. The second-order valence-corrected chi connectivity index (χ2v) is 7.13. The maximum absolute atomic E-state index is 12.2. The maximum Gasteiger partial charge on any atom is 0.242 e. The summed E-state index contributed by atoms with van der Waals surface area (Å²) in [5.41, 5.74) is 0. The van der Waals surface area contributed by atoms with Crippen LogP contribution in [0.15, 0.2) is 4.99 Å². The predicted octanol–water partition coefficient (Wildman–Crippen LogP) is 1.43. The summed E-state index contributed by atoms with van der Waals surface area (Å²) in [7, 11) is 1.74. The zero-order chi connectivity index (χ0) is 16.2. The topological polar surface area (TPSA) is 68.2 Å². The van der Waals surface area contributed by atoms with Gasteiger partial charge in [0, 0.05) is 32.7 Å². The number of carbonyl (C=O) groups is 1. The van der Waals surface area contributed by atoms with Crippen molar-refractivity contribution in [2.75, 3.05) is 33.2 Å². The lowest BCUT2D eigenvalue weighted by Gasteiger charge is -2.36. The number of rotatable bonds is 4. The lowest BCUT2D eigenvalue weighted by molar-refractivity contribution is -0.135. The van der Waals surface area contributed by atoms with E-state index in [4.69, 9.17) is 0 Å². The first-order valence-electron chi connectivity index (χ1n) is 9.12. The van der Waals surface area contributed by atoms with Crippen molar-refractivity contribution in [3.63, 3.8) is 0 Å². The van der Waals surface area contributed by atoms with Crippen LogP contribution in [0.25, 0.3) is 0 Å². The van der Waals surface area contributed by atoms with E-state index in [-0.39, 0.29) is 36.0 Å². The minimum atomic E-state index is -0.324. The molecule has 138 valence electrons. The molecule has 0 bridgehead atoms. The lowest BCUT2D eigenvalue weighted by Crippen LogP contribution is -2.56. The summed E-state index contributed by atoms with van der Waals surface area (Å²) in [6.45, 7) is 2.53. The van der Waals surface area contributed by atoms with Gasteiger partial charge in [-0.3, -0.25) is 9.79 Å². The summed E-state index contributed by atoms with van der Waals surface area (Å²) in [5.74, 6) is 1.35. The van der Waals surface area contributed by atoms with Gasteiger partial charge in [0.05, 0.1) is 12.6 Å². The normalized spacial score (nSPS) is 24.6. The summed E-state index contributed by atoms with van der Waals surface area (Å²) in [4.78, 5) is 20.6. The van der Waals surface area contributed by atoms with Gasteiger partial charge in [-0.25, -0.2) is 0 Å². The Balaban J connectivity index is 0.00000208. The molecule has 0 radical (unpaired) electrons. The average molecular weight is 450 g/mol. The number of aliphatic hydroxyl groups is 1. The first kappa shape index (κ1) is 19.8. The number of aliphatic imine (C=N–C) groups is 1. The van der Waals surface area contributed by atoms with Gasteiger partial charge in [0.15, 0.2) is 5.96 Å². The summed E-state index contributed by atoms with van der Waals surface area (Å²) >= 11 is 0. The van der Waals surface area contributed by atoms with Gasteiger partial charge in [-0.15, -0.1) is 24.0 Å². The van der Waals surface area contributed by atoms with E-state index >= 15 is 0 Å². The van der Waals surface area contributed by atoms with Gasteiger partial charge in [-0.2, -0.15) is 0 Å². The highest BCUT2D eigenvalue weighted by Gasteiger charge is 2.36. The van der Waals surface area contributed by atoms with Crippen LogP contribution in [0.5, 0.6) is 0 Å². The molecule has 3 aliphatic rings. The van der Waals surface area contributed by atoms with Crippen molar-refractivity contribution in [2.45, 2.75) is 57.1 Å². The molecule has 2 saturated carbocycles. The van der Waals surface area contributed by atoms with Crippen molar-refractivity contribution in [1.29, 1.82) is 0 Å². The highest BCUT2D eigenvalue weighted by Crippen LogP contribution is 2.28. The fourth-order valence-corrected chi connectivity index (χ4v) is 3.85. The minimum absolute atomic E-state index is 0. The maximum atomic E-state index is 12.2. The van der Waals surface area contributed by atoms with Crippen LogP contribution < -0.4 is 5.32 Å². The van der Waals surface area contributed by atoms with E-state index < -0.39 is 0 Å². The number of nitrogens with one attached hydrogen (secondary N) is 1. The van der Waals surface area contributed by atoms with Crippen molar-refractivity contribution in [3.05, 3.63) is 0 Å². The molecule has 24 heavy (non-hydrogen) atoms. The van der Waals surface area contributed by atoms with Crippen LogP contribution in [0.1, 0.15) is 44.9 Å². The second kappa shape index (κ2) is 9.22. The fraction of sp³-hybridized carbons (Fsp3) is 0.882. The smallest absolute Gasteiger partial charge is 0.242 e. The molecular formula is C17H31IN4O2. The van der Waals surface area contributed by atoms with Crippen LogP contribution in [-0.2, 0) is 4.79 Å². The van der Waals surface area contributed by atoms with E-state index in [0.717, 1.165) is 44.7 Å². The van der Waals surface area contributed by atoms with Crippen molar-refractivity contribution < 1.29 is 9.90 Å². The number of carbonyl (C=O) groups excluding carboxylic acids is 1. The quantitative estimate of drug-likeness (QED) is 0.387. The molecule has 1 aliphatic heterocycles. The Kier molecular flexibility index (Phi) is 7.59. The standard InChI is InChI=1S/C17H30N4O2.HI/c1-18-17(19-11-15(22)13-5-3-2-4-6-13)20-9-10-21(14-7-8-14)16(23)12-20;/h13-15,22H,2-12H2,1H3,(H,18,19);1H. The van der Waals surface area contributed by atoms with E-state index in [1.165, 1.54) is 19.3 Å². The highest BCUT2D eigenvalue weighted by atomic mass is 127.